The molecule has 1 aliphatic heterocycles. The molecule has 1 aromatic carbocycles. The molecule has 0 spiro atoms. The maximum Gasteiger partial charge on any atom is 0.0496 e. The number of hydrogen-bond acceptors (Lipinski definition) is 2. The Kier molecular flexibility index (Phi) is 2.14. The van der Waals surface area contributed by atoms with Crippen molar-refractivity contribution in [2.24, 2.45) is 0 Å². The van der Waals surface area contributed by atoms with Crippen molar-refractivity contribution in [3.8, 4) is 0 Å². The van der Waals surface area contributed by atoms with Gasteiger partial charge in [0, 0.05) is 22.9 Å². The lowest BCUT2D eigenvalue weighted by molar-refractivity contribution is 0.313. The highest BCUT2D eigenvalue weighted by Gasteiger charge is 2.23. The highest BCUT2D eigenvalue weighted by atomic mass is 15.2. The number of hydrogen-bond donors (Lipinski definition) is 2. The Morgan fingerprint density at radius 2 is 2.25 bits per heavy atom. The van der Waals surface area contributed by atoms with E-state index in [1.165, 1.54) is 30.5 Å². The Morgan fingerprint density at radius 1 is 1.38 bits per heavy atom. The van der Waals surface area contributed by atoms with Gasteiger partial charge in [0.15, 0.2) is 0 Å². The number of aromatic amines is 1. The molecular formula is C13H17N3. The van der Waals surface area contributed by atoms with E-state index in [1.54, 1.807) is 0 Å². The number of H-pyrrole nitrogens is 1. The monoisotopic (exact) mass is 215 g/mol. The van der Waals surface area contributed by atoms with Crippen molar-refractivity contribution < 1.29 is 0 Å². The number of benzene rings is 1. The van der Waals surface area contributed by atoms with Crippen LogP contribution in [0.3, 0.4) is 0 Å². The van der Waals surface area contributed by atoms with E-state index in [1.807, 2.05) is 12.1 Å². The van der Waals surface area contributed by atoms with Crippen molar-refractivity contribution in [3.05, 3.63) is 30.0 Å². The van der Waals surface area contributed by atoms with Gasteiger partial charge in [-0.05, 0) is 50.0 Å². The fraction of sp³-hybridized carbons (Fsp3) is 0.385. The van der Waals surface area contributed by atoms with Crippen molar-refractivity contribution in [3.63, 3.8) is 0 Å². The number of anilines is 1. The van der Waals surface area contributed by atoms with Crippen molar-refractivity contribution in [1.82, 2.24) is 9.88 Å². The minimum atomic E-state index is 0.550. The first-order valence-corrected chi connectivity index (χ1v) is 5.82. The molecule has 0 saturated carbocycles. The topological polar surface area (TPSA) is 45.0 Å². The van der Waals surface area contributed by atoms with Gasteiger partial charge in [-0.1, -0.05) is 6.07 Å². The zero-order valence-corrected chi connectivity index (χ0v) is 9.53. The molecule has 1 saturated heterocycles. The average molecular weight is 215 g/mol. The van der Waals surface area contributed by atoms with Crippen LogP contribution in [-0.4, -0.2) is 23.5 Å². The van der Waals surface area contributed by atoms with E-state index >= 15 is 0 Å². The van der Waals surface area contributed by atoms with E-state index in [-0.39, 0.29) is 0 Å². The molecule has 1 fully saturated rings. The lowest BCUT2D eigenvalue weighted by atomic mass is 10.1. The fourth-order valence-electron chi connectivity index (χ4n) is 2.65. The normalized spacial score (nSPS) is 21.9. The van der Waals surface area contributed by atoms with Gasteiger partial charge >= 0.3 is 0 Å². The summed E-state index contributed by atoms with van der Waals surface area (Å²) in [4.78, 5) is 5.90. The van der Waals surface area contributed by atoms with Gasteiger partial charge in [-0.15, -0.1) is 0 Å². The van der Waals surface area contributed by atoms with Crippen molar-refractivity contribution in [2.45, 2.75) is 18.9 Å². The molecular weight excluding hydrogens is 198 g/mol. The van der Waals surface area contributed by atoms with Crippen molar-refractivity contribution >= 4 is 16.6 Å². The lowest BCUT2D eigenvalue weighted by Gasteiger charge is -2.17. The number of fused-ring (bicyclic) bond motifs is 1. The second-order valence-electron chi connectivity index (χ2n) is 4.71. The molecule has 0 aliphatic carbocycles. The average Bonchev–Trinajstić information content (AvgIpc) is 2.82. The summed E-state index contributed by atoms with van der Waals surface area (Å²) in [6.45, 7) is 1.20. The summed E-state index contributed by atoms with van der Waals surface area (Å²) in [5, 5.41) is 1.25. The molecule has 2 aromatic rings. The second kappa shape index (κ2) is 3.52. The third kappa shape index (κ3) is 1.48. The third-order valence-electron chi connectivity index (χ3n) is 3.55. The van der Waals surface area contributed by atoms with E-state index in [2.05, 4.69) is 29.1 Å². The van der Waals surface area contributed by atoms with Gasteiger partial charge < -0.3 is 10.7 Å². The molecule has 84 valence electrons. The van der Waals surface area contributed by atoms with Crippen molar-refractivity contribution in [2.75, 3.05) is 19.3 Å². The molecule has 3 rings (SSSR count). The number of nitrogens with one attached hydrogen (secondary N) is 1. The van der Waals surface area contributed by atoms with Crippen LogP contribution in [0.5, 0.6) is 0 Å². The first-order valence-electron chi connectivity index (χ1n) is 5.82. The Balaban J connectivity index is 2.04. The first kappa shape index (κ1) is 9.73. The summed E-state index contributed by atoms with van der Waals surface area (Å²) in [5.41, 5.74) is 9.07. The molecule has 0 radical (unpaired) electrons. The van der Waals surface area contributed by atoms with Gasteiger partial charge in [0.2, 0.25) is 0 Å². The van der Waals surface area contributed by atoms with Gasteiger partial charge in [-0.2, -0.15) is 0 Å². The predicted octanol–water partition coefficient (Wildman–Crippen LogP) is 2.52. The minimum absolute atomic E-state index is 0.550. The van der Waals surface area contributed by atoms with E-state index in [0.29, 0.717) is 6.04 Å². The summed E-state index contributed by atoms with van der Waals surface area (Å²) in [6, 6.07) is 8.85. The van der Waals surface area contributed by atoms with Crippen LogP contribution in [0.1, 0.15) is 24.6 Å². The van der Waals surface area contributed by atoms with E-state index in [0.717, 1.165) is 11.2 Å². The third-order valence-corrected chi connectivity index (χ3v) is 3.55. The quantitative estimate of drug-likeness (QED) is 0.718. The Bertz CT molecular complexity index is 515. The summed E-state index contributed by atoms with van der Waals surface area (Å²) in [6.07, 6.45) is 2.54. The van der Waals surface area contributed by atoms with Crippen molar-refractivity contribution in [1.29, 1.82) is 0 Å². The zero-order valence-electron chi connectivity index (χ0n) is 9.53. The van der Waals surface area contributed by atoms with Crippen LogP contribution in [0.4, 0.5) is 5.69 Å². The van der Waals surface area contributed by atoms with Crippen LogP contribution in [0, 0.1) is 0 Å². The van der Waals surface area contributed by atoms with E-state index in [4.69, 9.17) is 5.73 Å². The number of aromatic nitrogens is 1. The number of nitrogen functional groups attached to an aromatic ring is 1. The smallest absolute Gasteiger partial charge is 0.0496 e. The number of rotatable bonds is 1. The highest BCUT2D eigenvalue weighted by Crippen LogP contribution is 2.32. The molecule has 3 nitrogen and oxygen atoms in total. The maximum absolute atomic E-state index is 5.78. The van der Waals surface area contributed by atoms with Crippen LogP contribution in [0.15, 0.2) is 24.3 Å². The van der Waals surface area contributed by atoms with Crippen LogP contribution in [0.2, 0.25) is 0 Å². The molecule has 3 N–H and O–H groups in total. The molecule has 0 unspecified atom stereocenters. The Hall–Kier alpha value is -1.48. The molecule has 1 atom stereocenters. The summed E-state index contributed by atoms with van der Waals surface area (Å²) in [5.74, 6) is 0. The van der Waals surface area contributed by atoms with E-state index < -0.39 is 0 Å². The molecule has 1 aliphatic rings. The number of nitrogens with two attached hydrogens (primary N) is 1. The lowest BCUT2D eigenvalue weighted by Crippen LogP contribution is -2.17. The van der Waals surface area contributed by atoms with Crippen LogP contribution < -0.4 is 5.73 Å². The predicted molar refractivity (Wildman–Crippen MR) is 67.3 cm³/mol. The maximum atomic E-state index is 5.78. The SMILES string of the molecule is CN1CCC[C@@H]1c1cc2ccc(N)cc2[nH]1. The largest absolute Gasteiger partial charge is 0.399 e. The molecule has 0 bridgehead atoms. The van der Waals surface area contributed by atoms with Gasteiger partial charge in [0.05, 0.1) is 0 Å². The standard InChI is InChI=1S/C13H17N3/c1-16-6-2-3-13(16)12-7-9-4-5-10(14)8-11(9)15-12/h4-5,7-8,13,15H,2-3,6,14H2,1H3/t13-/m1/s1. The zero-order chi connectivity index (χ0) is 11.1. The highest BCUT2D eigenvalue weighted by molar-refractivity contribution is 5.83. The molecule has 0 amide bonds. The van der Waals surface area contributed by atoms with Crippen LogP contribution in [-0.2, 0) is 0 Å². The first-order chi connectivity index (χ1) is 7.74. The van der Waals surface area contributed by atoms with Crippen LogP contribution >= 0.6 is 0 Å². The van der Waals surface area contributed by atoms with Crippen LogP contribution in [0.25, 0.3) is 10.9 Å². The minimum Gasteiger partial charge on any atom is -0.399 e. The molecule has 16 heavy (non-hydrogen) atoms. The number of likely N-dealkylation sites (tertiary alicyclic amines) is 1. The van der Waals surface area contributed by atoms with Gasteiger partial charge in [0.1, 0.15) is 0 Å². The Labute approximate surface area is 95.2 Å². The Morgan fingerprint density at radius 3 is 3.00 bits per heavy atom. The number of nitrogens with zero attached hydrogens (tertiary/aromatic N) is 1. The molecule has 1 aromatic heterocycles. The molecule has 2 heterocycles. The summed E-state index contributed by atoms with van der Waals surface area (Å²) >= 11 is 0. The molecule has 3 heteroatoms. The fourth-order valence-corrected chi connectivity index (χ4v) is 2.65. The van der Waals surface area contributed by atoms with E-state index in [9.17, 15) is 0 Å². The summed E-state index contributed by atoms with van der Waals surface area (Å²) < 4.78 is 0. The summed E-state index contributed by atoms with van der Waals surface area (Å²) in [7, 11) is 2.19. The van der Waals surface area contributed by atoms with Gasteiger partial charge in [-0.25, -0.2) is 0 Å². The second-order valence-corrected chi connectivity index (χ2v) is 4.71. The van der Waals surface area contributed by atoms with Gasteiger partial charge in [0.25, 0.3) is 0 Å². The van der Waals surface area contributed by atoms with Gasteiger partial charge in [-0.3, -0.25) is 4.90 Å².